The van der Waals surface area contributed by atoms with Gasteiger partial charge in [0.1, 0.15) is 28.6 Å². The molecule has 5 aromatic rings. The van der Waals surface area contributed by atoms with Crippen molar-refractivity contribution in [3.05, 3.63) is 133 Å². The van der Waals surface area contributed by atoms with Gasteiger partial charge in [-0.15, -0.1) is 0 Å². The van der Waals surface area contributed by atoms with E-state index in [4.69, 9.17) is 42.6 Å². The molecule has 16 heteroatoms. The predicted molar refractivity (Wildman–Crippen MR) is 220 cm³/mol. The second-order valence-corrected chi connectivity index (χ2v) is 12.9. The van der Waals surface area contributed by atoms with E-state index >= 15 is 0 Å². The highest BCUT2D eigenvalue weighted by molar-refractivity contribution is 6.04. The standard InChI is InChI=1S/C46H40O16/c1-4-40(47)55-20-6-8-22-57-45(52)60-36-16-14-35(15-17-36)59-42(49)31-12-10-29-25-34-27-32(13-11-30(34)24-33(29)26-31)43(50)62-39-19-18-37(28-38(39)44(51)54-3)61-46(53)58-23-9-7-21-56-41(48)5-2/h4-5,10-19,24-28H,1-2,6-9,20-23H2,3H3. The van der Waals surface area contributed by atoms with Crippen LogP contribution in [0.3, 0.4) is 0 Å². The van der Waals surface area contributed by atoms with E-state index in [2.05, 4.69) is 13.2 Å². The fourth-order valence-corrected chi connectivity index (χ4v) is 5.52. The van der Waals surface area contributed by atoms with E-state index in [1.807, 2.05) is 12.1 Å². The normalized spacial score (nSPS) is 10.5. The highest BCUT2D eigenvalue weighted by Gasteiger charge is 2.20. The van der Waals surface area contributed by atoms with Crippen molar-refractivity contribution < 1.29 is 76.2 Å². The molecule has 0 radical (unpaired) electrons. The van der Waals surface area contributed by atoms with E-state index in [1.54, 1.807) is 36.4 Å². The van der Waals surface area contributed by atoms with Crippen molar-refractivity contribution in [2.24, 2.45) is 0 Å². The van der Waals surface area contributed by atoms with Crippen LogP contribution in [-0.2, 0) is 33.3 Å². The molecule has 5 aromatic carbocycles. The third-order valence-electron chi connectivity index (χ3n) is 8.60. The first-order valence-corrected chi connectivity index (χ1v) is 19.0. The Morgan fingerprint density at radius 2 is 0.887 bits per heavy atom. The average Bonchev–Trinajstić information content (AvgIpc) is 3.28. The van der Waals surface area contributed by atoms with Crippen LogP contribution in [0.2, 0.25) is 0 Å². The maximum Gasteiger partial charge on any atom is 0.513 e. The maximum atomic E-state index is 13.3. The fraction of sp³-hybridized carbons (Fsp3) is 0.196. The Hall–Kier alpha value is -8.01. The van der Waals surface area contributed by atoms with Crippen LogP contribution in [0.1, 0.15) is 56.8 Å². The summed E-state index contributed by atoms with van der Waals surface area (Å²) < 4.78 is 46.0. The Morgan fingerprint density at radius 1 is 0.452 bits per heavy atom. The van der Waals surface area contributed by atoms with E-state index < -0.39 is 42.2 Å². The van der Waals surface area contributed by atoms with Crippen molar-refractivity contribution in [1.29, 1.82) is 0 Å². The molecule has 0 saturated carbocycles. The van der Waals surface area contributed by atoms with Gasteiger partial charge >= 0.3 is 42.2 Å². The minimum absolute atomic E-state index is 0.0117. The molecule has 0 aliphatic heterocycles. The minimum Gasteiger partial charge on any atom is -0.465 e. The lowest BCUT2D eigenvalue weighted by atomic mass is 10.00. The van der Waals surface area contributed by atoms with Crippen LogP contribution in [0.25, 0.3) is 21.5 Å². The lowest BCUT2D eigenvalue weighted by Crippen LogP contribution is -2.14. The summed E-state index contributed by atoms with van der Waals surface area (Å²) >= 11 is 0. The zero-order chi connectivity index (χ0) is 44.4. The zero-order valence-electron chi connectivity index (χ0n) is 33.4. The van der Waals surface area contributed by atoms with E-state index in [0.717, 1.165) is 35.4 Å². The number of hydrogen-bond donors (Lipinski definition) is 0. The molecule has 0 aromatic heterocycles. The summed E-state index contributed by atoms with van der Waals surface area (Å²) in [5, 5.41) is 2.93. The van der Waals surface area contributed by atoms with Crippen LogP contribution in [0.4, 0.5) is 9.59 Å². The lowest BCUT2D eigenvalue weighted by molar-refractivity contribution is -0.138. The molecular weight excluding hydrogens is 808 g/mol. The van der Waals surface area contributed by atoms with Crippen LogP contribution < -0.4 is 18.9 Å². The molecule has 0 fully saturated rings. The number of carbonyl (C=O) groups excluding carboxylic acids is 7. The molecule has 0 aliphatic carbocycles. The number of unbranched alkanes of at least 4 members (excludes halogenated alkanes) is 2. The van der Waals surface area contributed by atoms with Gasteiger partial charge in [-0.05, 0) is 126 Å². The first-order chi connectivity index (χ1) is 30.0. The van der Waals surface area contributed by atoms with Gasteiger partial charge in [0.05, 0.1) is 44.7 Å². The summed E-state index contributed by atoms with van der Waals surface area (Å²) in [6.07, 6.45) is 1.94. The monoisotopic (exact) mass is 848 g/mol. The summed E-state index contributed by atoms with van der Waals surface area (Å²) in [5.41, 5.74) is 0.260. The zero-order valence-corrected chi connectivity index (χ0v) is 33.4. The number of rotatable bonds is 19. The van der Waals surface area contributed by atoms with Gasteiger partial charge in [0.2, 0.25) is 0 Å². The molecule has 0 unspecified atom stereocenters. The Morgan fingerprint density at radius 3 is 1.37 bits per heavy atom. The van der Waals surface area contributed by atoms with Gasteiger partial charge in [-0.3, -0.25) is 0 Å². The first kappa shape index (κ1) is 45.1. The van der Waals surface area contributed by atoms with E-state index in [-0.39, 0.29) is 66.1 Å². The number of fused-ring (bicyclic) bond motifs is 2. The molecule has 0 amide bonds. The summed E-state index contributed by atoms with van der Waals surface area (Å²) in [7, 11) is 1.14. The summed E-state index contributed by atoms with van der Waals surface area (Å²) in [6, 6.07) is 23.1. The Balaban J connectivity index is 1.15. The number of carbonyl (C=O) groups is 7. The summed E-state index contributed by atoms with van der Waals surface area (Å²) in [5.74, 6) is -3.17. The number of esters is 5. The van der Waals surface area contributed by atoms with Gasteiger partial charge in [-0.1, -0.05) is 25.3 Å². The predicted octanol–water partition coefficient (Wildman–Crippen LogP) is 8.27. The van der Waals surface area contributed by atoms with Crippen LogP contribution in [0.15, 0.2) is 116 Å². The second-order valence-electron chi connectivity index (χ2n) is 12.9. The maximum absolute atomic E-state index is 13.3. The number of ether oxygens (including phenoxy) is 9. The molecule has 0 aliphatic rings. The molecule has 0 spiro atoms. The van der Waals surface area contributed by atoms with Gasteiger partial charge in [-0.2, -0.15) is 0 Å². The van der Waals surface area contributed by atoms with Gasteiger partial charge in [-0.25, -0.2) is 33.6 Å². The molecule has 0 heterocycles. The van der Waals surface area contributed by atoms with Gasteiger partial charge < -0.3 is 42.6 Å². The van der Waals surface area contributed by atoms with Gasteiger partial charge in [0.25, 0.3) is 0 Å². The topological polar surface area (TPSA) is 203 Å². The third-order valence-corrected chi connectivity index (χ3v) is 8.60. The van der Waals surface area contributed by atoms with Crippen molar-refractivity contribution in [1.82, 2.24) is 0 Å². The molecule has 0 N–H and O–H groups in total. The molecule has 16 nitrogen and oxygen atoms in total. The third kappa shape index (κ3) is 13.3. The number of hydrogen-bond acceptors (Lipinski definition) is 16. The Bertz CT molecular complexity index is 2490. The second kappa shape index (κ2) is 22.4. The smallest absolute Gasteiger partial charge is 0.465 e. The lowest BCUT2D eigenvalue weighted by Gasteiger charge is -2.12. The van der Waals surface area contributed by atoms with Crippen LogP contribution in [0.5, 0.6) is 23.0 Å². The van der Waals surface area contributed by atoms with E-state index in [0.29, 0.717) is 31.1 Å². The molecule has 0 bridgehead atoms. The van der Waals surface area contributed by atoms with Crippen LogP contribution >= 0.6 is 0 Å². The van der Waals surface area contributed by atoms with E-state index in [1.165, 1.54) is 42.5 Å². The molecule has 320 valence electrons. The van der Waals surface area contributed by atoms with Crippen molar-refractivity contribution in [2.45, 2.75) is 25.7 Å². The van der Waals surface area contributed by atoms with Crippen LogP contribution in [-0.4, -0.2) is 75.7 Å². The Kier molecular flexibility index (Phi) is 16.3. The van der Waals surface area contributed by atoms with Crippen molar-refractivity contribution >= 4 is 63.7 Å². The number of benzene rings is 5. The average molecular weight is 849 g/mol. The van der Waals surface area contributed by atoms with Gasteiger partial charge in [0.15, 0.2) is 0 Å². The minimum atomic E-state index is -1.04. The molecule has 5 rings (SSSR count). The summed E-state index contributed by atoms with van der Waals surface area (Å²) in [6.45, 7) is 6.98. The van der Waals surface area contributed by atoms with Gasteiger partial charge in [0, 0.05) is 12.2 Å². The van der Waals surface area contributed by atoms with Crippen molar-refractivity contribution in [2.75, 3.05) is 33.5 Å². The van der Waals surface area contributed by atoms with E-state index in [9.17, 15) is 33.6 Å². The molecular formula is C46H40O16. The molecule has 0 saturated heterocycles. The quantitative estimate of drug-likeness (QED) is 0.0146. The highest BCUT2D eigenvalue weighted by atomic mass is 16.7. The summed E-state index contributed by atoms with van der Waals surface area (Å²) in [4.78, 5) is 85.3. The largest absolute Gasteiger partial charge is 0.513 e. The fourth-order valence-electron chi connectivity index (χ4n) is 5.52. The molecule has 62 heavy (non-hydrogen) atoms. The molecule has 0 atom stereocenters. The van der Waals surface area contributed by atoms with Crippen LogP contribution in [0, 0.1) is 0 Å². The first-order valence-electron chi connectivity index (χ1n) is 19.0. The SMILES string of the molecule is C=CC(=O)OCCCCOC(=O)Oc1ccc(OC(=O)c2ccc3cc4cc(C(=O)Oc5ccc(OC(=O)OCCCCOC(=O)C=C)cc5C(=O)OC)ccc4cc3c2)cc1. The van der Waals surface area contributed by atoms with Crippen molar-refractivity contribution in [3.8, 4) is 23.0 Å². The van der Waals surface area contributed by atoms with Crippen molar-refractivity contribution in [3.63, 3.8) is 0 Å². The number of methoxy groups -OCH3 is 1. The highest BCUT2D eigenvalue weighted by Crippen LogP contribution is 2.29. The Labute approximate surface area is 354 Å².